The number of rotatable bonds is 2. The summed E-state index contributed by atoms with van der Waals surface area (Å²) in [5.41, 5.74) is 0. The van der Waals surface area contributed by atoms with Crippen LogP contribution in [-0.4, -0.2) is 30.1 Å². The second-order valence-corrected chi connectivity index (χ2v) is 3.90. The van der Waals surface area contributed by atoms with Gasteiger partial charge in [-0.2, -0.15) is 13.2 Å². The lowest BCUT2D eigenvalue weighted by atomic mass is 9.96. The summed E-state index contributed by atoms with van der Waals surface area (Å²) in [5.74, 6) is 0.943. The van der Waals surface area contributed by atoms with Gasteiger partial charge in [-0.3, -0.25) is 4.79 Å². The smallest absolute Gasteiger partial charge is 0.343 e. The van der Waals surface area contributed by atoms with E-state index in [0.29, 0.717) is 6.42 Å². The van der Waals surface area contributed by atoms with Crippen molar-refractivity contribution in [2.45, 2.75) is 31.9 Å². The van der Waals surface area contributed by atoms with Gasteiger partial charge in [0.25, 0.3) is 0 Å². The number of halogens is 3. The normalized spacial score (nSPS) is 18.2. The molecule has 90 valence electrons. The van der Waals surface area contributed by atoms with Crippen LogP contribution in [0, 0.1) is 18.3 Å². The maximum absolute atomic E-state index is 12.3. The fraction of sp³-hybridized carbons (Fsp3) is 0.727. The third-order valence-electron chi connectivity index (χ3n) is 2.79. The Morgan fingerprint density at radius 2 is 1.94 bits per heavy atom. The molecule has 5 heteroatoms. The van der Waals surface area contributed by atoms with Gasteiger partial charge in [0.05, 0.1) is 5.92 Å². The summed E-state index contributed by atoms with van der Waals surface area (Å²) >= 11 is 0. The summed E-state index contributed by atoms with van der Waals surface area (Å²) in [5, 5.41) is 0. The van der Waals surface area contributed by atoms with Crippen LogP contribution in [0.2, 0.25) is 0 Å². The molecule has 0 saturated carbocycles. The van der Waals surface area contributed by atoms with Gasteiger partial charge in [-0.25, -0.2) is 0 Å². The van der Waals surface area contributed by atoms with E-state index in [1.165, 1.54) is 4.90 Å². The first-order valence-corrected chi connectivity index (χ1v) is 5.23. The minimum Gasteiger partial charge on any atom is -0.343 e. The fourth-order valence-electron chi connectivity index (χ4n) is 1.79. The molecule has 16 heavy (non-hydrogen) atoms. The predicted octanol–water partition coefficient (Wildman–Crippen LogP) is 2.20. The van der Waals surface area contributed by atoms with E-state index in [-0.39, 0.29) is 38.3 Å². The van der Waals surface area contributed by atoms with E-state index < -0.39 is 12.1 Å². The molecule has 2 nitrogen and oxygen atoms in total. The van der Waals surface area contributed by atoms with E-state index in [9.17, 15) is 18.0 Å². The van der Waals surface area contributed by atoms with Gasteiger partial charge in [-0.1, -0.05) is 0 Å². The monoisotopic (exact) mass is 233 g/mol. The Hall–Kier alpha value is -1.18. The third-order valence-corrected chi connectivity index (χ3v) is 2.79. The van der Waals surface area contributed by atoms with Crippen molar-refractivity contribution in [1.82, 2.24) is 4.90 Å². The number of hydrogen-bond acceptors (Lipinski definition) is 1. The van der Waals surface area contributed by atoms with Crippen LogP contribution >= 0.6 is 0 Å². The maximum Gasteiger partial charge on any atom is 0.391 e. The zero-order valence-electron chi connectivity index (χ0n) is 8.89. The van der Waals surface area contributed by atoms with Crippen LogP contribution in [0.1, 0.15) is 25.7 Å². The standard InChI is InChI=1S/C11H14F3NO/c1-2-3-4-10(16)15-7-5-9(6-8-15)11(12,13)14/h1,9H,3-8H2. The van der Waals surface area contributed by atoms with E-state index >= 15 is 0 Å². The van der Waals surface area contributed by atoms with Crippen molar-refractivity contribution in [3.05, 3.63) is 0 Å². The summed E-state index contributed by atoms with van der Waals surface area (Å²) in [6.07, 6.45) is 1.47. The number of alkyl halides is 3. The lowest BCUT2D eigenvalue weighted by Crippen LogP contribution is -2.42. The van der Waals surface area contributed by atoms with Crippen molar-refractivity contribution in [1.29, 1.82) is 0 Å². The van der Waals surface area contributed by atoms with Gasteiger partial charge in [0.2, 0.25) is 5.91 Å². The van der Waals surface area contributed by atoms with Crippen LogP contribution in [0.15, 0.2) is 0 Å². The molecule has 1 heterocycles. The molecule has 0 unspecified atom stereocenters. The zero-order valence-corrected chi connectivity index (χ0v) is 8.89. The lowest BCUT2D eigenvalue weighted by Gasteiger charge is -2.32. The highest BCUT2D eigenvalue weighted by molar-refractivity contribution is 5.76. The van der Waals surface area contributed by atoms with E-state index in [0.717, 1.165) is 0 Å². The second kappa shape index (κ2) is 5.24. The lowest BCUT2D eigenvalue weighted by molar-refractivity contribution is -0.186. The minimum atomic E-state index is -4.13. The molecule has 1 rings (SSSR count). The Morgan fingerprint density at radius 3 is 2.38 bits per heavy atom. The number of piperidine rings is 1. The largest absolute Gasteiger partial charge is 0.391 e. The number of hydrogen-bond donors (Lipinski definition) is 0. The number of nitrogens with zero attached hydrogens (tertiary/aromatic N) is 1. The first-order valence-electron chi connectivity index (χ1n) is 5.23. The van der Waals surface area contributed by atoms with E-state index in [4.69, 9.17) is 6.42 Å². The fourth-order valence-corrected chi connectivity index (χ4v) is 1.79. The summed E-state index contributed by atoms with van der Waals surface area (Å²) in [7, 11) is 0. The summed E-state index contributed by atoms with van der Waals surface area (Å²) in [6.45, 7) is 0.376. The quantitative estimate of drug-likeness (QED) is 0.669. The first-order chi connectivity index (χ1) is 7.45. The summed E-state index contributed by atoms with van der Waals surface area (Å²) < 4.78 is 37.0. The highest BCUT2D eigenvalue weighted by Crippen LogP contribution is 2.34. The van der Waals surface area contributed by atoms with Crippen molar-refractivity contribution in [3.63, 3.8) is 0 Å². The van der Waals surface area contributed by atoms with Crippen molar-refractivity contribution >= 4 is 5.91 Å². The van der Waals surface area contributed by atoms with Crippen LogP contribution < -0.4 is 0 Å². The molecule has 0 spiro atoms. The molecule has 1 amide bonds. The van der Waals surface area contributed by atoms with Gasteiger partial charge in [0.15, 0.2) is 0 Å². The molecule has 0 aliphatic carbocycles. The molecule has 0 radical (unpaired) electrons. The molecule has 1 aliphatic rings. The Morgan fingerprint density at radius 1 is 1.38 bits per heavy atom. The molecule has 1 fully saturated rings. The Labute approximate surface area is 92.8 Å². The Kier molecular flexibility index (Phi) is 4.22. The van der Waals surface area contributed by atoms with E-state index in [2.05, 4.69) is 5.92 Å². The minimum absolute atomic E-state index is 0.00525. The van der Waals surface area contributed by atoms with Gasteiger partial charge >= 0.3 is 6.18 Å². The zero-order chi connectivity index (χ0) is 12.2. The number of terminal acetylenes is 1. The Bertz CT molecular complexity index is 285. The number of carbonyl (C=O) groups is 1. The van der Waals surface area contributed by atoms with Crippen molar-refractivity contribution in [2.75, 3.05) is 13.1 Å². The average molecular weight is 233 g/mol. The van der Waals surface area contributed by atoms with Crippen molar-refractivity contribution in [3.8, 4) is 12.3 Å². The molecular weight excluding hydrogens is 219 g/mol. The first kappa shape index (κ1) is 12.9. The van der Waals surface area contributed by atoms with Gasteiger partial charge in [0, 0.05) is 25.9 Å². The highest BCUT2D eigenvalue weighted by atomic mass is 19.4. The average Bonchev–Trinajstić information content (AvgIpc) is 2.25. The van der Waals surface area contributed by atoms with Gasteiger partial charge in [-0.15, -0.1) is 12.3 Å². The third kappa shape index (κ3) is 3.44. The SMILES string of the molecule is C#CCCC(=O)N1CCC(C(F)(F)F)CC1. The molecule has 0 aromatic carbocycles. The topological polar surface area (TPSA) is 20.3 Å². The number of carbonyl (C=O) groups excluding carboxylic acids is 1. The van der Waals surface area contributed by atoms with Crippen LogP contribution in [0.25, 0.3) is 0 Å². The maximum atomic E-state index is 12.3. The van der Waals surface area contributed by atoms with E-state index in [1.54, 1.807) is 0 Å². The molecule has 0 aromatic rings. The highest BCUT2D eigenvalue weighted by Gasteiger charge is 2.41. The molecule has 0 bridgehead atoms. The predicted molar refractivity (Wildman–Crippen MR) is 53.4 cm³/mol. The molecular formula is C11H14F3NO. The molecule has 1 aliphatic heterocycles. The number of amides is 1. The van der Waals surface area contributed by atoms with E-state index in [1.807, 2.05) is 0 Å². The van der Waals surface area contributed by atoms with Crippen molar-refractivity contribution in [2.24, 2.45) is 5.92 Å². The molecule has 0 N–H and O–H groups in total. The van der Waals surface area contributed by atoms with Gasteiger partial charge < -0.3 is 4.90 Å². The van der Waals surface area contributed by atoms with Crippen LogP contribution in [0.5, 0.6) is 0 Å². The summed E-state index contributed by atoms with van der Waals surface area (Å²) in [6, 6.07) is 0. The second-order valence-electron chi connectivity index (χ2n) is 3.90. The van der Waals surface area contributed by atoms with Crippen LogP contribution in [0.4, 0.5) is 13.2 Å². The van der Waals surface area contributed by atoms with Gasteiger partial charge in [0.1, 0.15) is 0 Å². The number of likely N-dealkylation sites (tertiary alicyclic amines) is 1. The molecule has 1 saturated heterocycles. The van der Waals surface area contributed by atoms with Crippen LogP contribution in [-0.2, 0) is 4.79 Å². The van der Waals surface area contributed by atoms with Crippen LogP contribution in [0.3, 0.4) is 0 Å². The molecule has 0 aromatic heterocycles. The van der Waals surface area contributed by atoms with Gasteiger partial charge in [-0.05, 0) is 12.8 Å². The molecule has 0 atom stereocenters. The Balaban J connectivity index is 2.38. The summed E-state index contributed by atoms with van der Waals surface area (Å²) in [4.78, 5) is 12.9. The van der Waals surface area contributed by atoms with Crippen molar-refractivity contribution < 1.29 is 18.0 Å².